The molecule has 0 aliphatic carbocycles. The third-order valence-corrected chi connectivity index (χ3v) is 4.48. The van der Waals surface area contributed by atoms with Gasteiger partial charge in [-0.05, 0) is 55.7 Å². The molecule has 0 saturated carbocycles. The quantitative estimate of drug-likeness (QED) is 0.816. The summed E-state index contributed by atoms with van der Waals surface area (Å²) in [6, 6.07) is 11.6. The molecular weight excluding hydrogens is 321 g/mol. The molecule has 132 valence electrons. The van der Waals surface area contributed by atoms with E-state index in [2.05, 4.69) is 0 Å². The molecule has 3 rings (SSSR count). The van der Waals surface area contributed by atoms with Crippen LogP contribution in [0.1, 0.15) is 41.7 Å². The summed E-state index contributed by atoms with van der Waals surface area (Å²) in [4.78, 5) is 14.9. The van der Waals surface area contributed by atoms with Crippen LogP contribution >= 0.6 is 0 Å². The van der Waals surface area contributed by atoms with E-state index in [1.54, 1.807) is 37.4 Å². The lowest BCUT2D eigenvalue weighted by Crippen LogP contribution is -2.30. The minimum Gasteiger partial charge on any atom is -0.493 e. The first-order valence-corrected chi connectivity index (χ1v) is 8.51. The number of nitrogens with zero attached hydrogens (tertiary/aromatic N) is 1. The Balaban J connectivity index is 1.86. The van der Waals surface area contributed by atoms with E-state index in [-0.39, 0.29) is 17.8 Å². The van der Waals surface area contributed by atoms with Gasteiger partial charge in [0, 0.05) is 12.1 Å². The fourth-order valence-corrected chi connectivity index (χ4v) is 3.29. The molecule has 0 N–H and O–H groups in total. The fourth-order valence-electron chi connectivity index (χ4n) is 3.29. The second kappa shape index (κ2) is 7.55. The molecule has 2 aromatic carbocycles. The first kappa shape index (κ1) is 17.3. The van der Waals surface area contributed by atoms with Crippen LogP contribution in [0.5, 0.6) is 11.5 Å². The average molecular weight is 343 g/mol. The lowest BCUT2D eigenvalue weighted by molar-refractivity contribution is 0.0735. The summed E-state index contributed by atoms with van der Waals surface area (Å²) >= 11 is 0. The van der Waals surface area contributed by atoms with Gasteiger partial charge in [-0.15, -0.1) is 0 Å². The van der Waals surface area contributed by atoms with Crippen molar-refractivity contribution < 1.29 is 18.7 Å². The third-order valence-electron chi connectivity index (χ3n) is 4.48. The molecule has 25 heavy (non-hydrogen) atoms. The predicted molar refractivity (Wildman–Crippen MR) is 93.6 cm³/mol. The van der Waals surface area contributed by atoms with E-state index >= 15 is 0 Å². The van der Waals surface area contributed by atoms with Gasteiger partial charge in [-0.3, -0.25) is 4.79 Å². The van der Waals surface area contributed by atoms with Crippen LogP contribution < -0.4 is 9.47 Å². The molecular formula is C20H22FNO3. The lowest BCUT2D eigenvalue weighted by Gasteiger charge is -2.25. The zero-order valence-corrected chi connectivity index (χ0v) is 14.5. The number of likely N-dealkylation sites (tertiary alicyclic amines) is 1. The smallest absolute Gasteiger partial charge is 0.254 e. The number of carbonyl (C=O) groups is 1. The molecule has 0 radical (unpaired) electrons. The van der Waals surface area contributed by atoms with Gasteiger partial charge in [0.25, 0.3) is 5.91 Å². The predicted octanol–water partition coefficient (Wildman–Crippen LogP) is 4.21. The highest BCUT2D eigenvalue weighted by molar-refractivity contribution is 5.95. The average Bonchev–Trinajstić information content (AvgIpc) is 3.11. The molecule has 4 nitrogen and oxygen atoms in total. The van der Waals surface area contributed by atoms with E-state index in [1.165, 1.54) is 12.1 Å². The molecule has 1 unspecified atom stereocenters. The monoisotopic (exact) mass is 343 g/mol. The van der Waals surface area contributed by atoms with Crippen LogP contribution in [0.15, 0.2) is 42.5 Å². The van der Waals surface area contributed by atoms with Gasteiger partial charge >= 0.3 is 0 Å². The number of carbonyl (C=O) groups excluding carboxylic acids is 1. The van der Waals surface area contributed by atoms with Crippen molar-refractivity contribution in [3.63, 3.8) is 0 Å². The molecule has 1 amide bonds. The second-order valence-electron chi connectivity index (χ2n) is 6.01. The molecule has 1 atom stereocenters. The van der Waals surface area contributed by atoms with Gasteiger partial charge in [-0.2, -0.15) is 0 Å². The summed E-state index contributed by atoms with van der Waals surface area (Å²) in [5, 5.41) is 0. The Kier molecular flexibility index (Phi) is 5.22. The number of methoxy groups -OCH3 is 1. The van der Waals surface area contributed by atoms with Crippen molar-refractivity contribution in [2.24, 2.45) is 0 Å². The number of rotatable bonds is 5. The zero-order chi connectivity index (χ0) is 17.8. The number of hydrogen-bond acceptors (Lipinski definition) is 3. The van der Waals surface area contributed by atoms with E-state index in [9.17, 15) is 9.18 Å². The van der Waals surface area contributed by atoms with Gasteiger partial charge in [0.1, 0.15) is 5.82 Å². The normalized spacial score (nSPS) is 16.8. The summed E-state index contributed by atoms with van der Waals surface area (Å²) in [7, 11) is 1.57. The van der Waals surface area contributed by atoms with E-state index < -0.39 is 0 Å². The van der Waals surface area contributed by atoms with Gasteiger partial charge in [-0.1, -0.05) is 12.1 Å². The Morgan fingerprint density at radius 2 is 1.96 bits per heavy atom. The van der Waals surface area contributed by atoms with E-state index in [0.29, 0.717) is 30.2 Å². The van der Waals surface area contributed by atoms with Crippen LogP contribution in [0, 0.1) is 5.82 Å². The van der Waals surface area contributed by atoms with Crippen LogP contribution in [0.3, 0.4) is 0 Å². The van der Waals surface area contributed by atoms with Crippen LogP contribution in [0.2, 0.25) is 0 Å². The third kappa shape index (κ3) is 3.60. The maximum atomic E-state index is 13.2. The van der Waals surface area contributed by atoms with Crippen molar-refractivity contribution in [2.75, 3.05) is 20.3 Å². The summed E-state index contributed by atoms with van der Waals surface area (Å²) in [5.41, 5.74) is 1.53. The van der Waals surface area contributed by atoms with Gasteiger partial charge in [0.05, 0.1) is 19.8 Å². The molecule has 1 fully saturated rings. The first-order valence-electron chi connectivity index (χ1n) is 8.51. The molecule has 0 spiro atoms. The highest BCUT2D eigenvalue weighted by Gasteiger charge is 2.31. The Morgan fingerprint density at radius 3 is 2.64 bits per heavy atom. The minimum absolute atomic E-state index is 0.0225. The van der Waals surface area contributed by atoms with Gasteiger partial charge < -0.3 is 14.4 Å². The molecule has 2 aromatic rings. The van der Waals surface area contributed by atoms with E-state index in [0.717, 1.165) is 18.4 Å². The van der Waals surface area contributed by atoms with Crippen LogP contribution in [0.25, 0.3) is 0 Å². The largest absolute Gasteiger partial charge is 0.493 e. The molecule has 1 saturated heterocycles. The fraction of sp³-hybridized carbons (Fsp3) is 0.350. The zero-order valence-electron chi connectivity index (χ0n) is 14.5. The molecule has 5 heteroatoms. The van der Waals surface area contributed by atoms with Crippen molar-refractivity contribution in [3.05, 3.63) is 59.4 Å². The molecule has 1 aliphatic rings. The maximum Gasteiger partial charge on any atom is 0.254 e. The Bertz CT molecular complexity index is 745. The highest BCUT2D eigenvalue weighted by atomic mass is 19.1. The number of halogens is 1. The number of amides is 1. The number of benzene rings is 2. The lowest BCUT2D eigenvalue weighted by atomic mass is 10.0. The number of hydrogen-bond donors (Lipinski definition) is 0. The number of ether oxygens (including phenoxy) is 2. The summed E-state index contributed by atoms with van der Waals surface area (Å²) in [6.45, 7) is 3.08. The van der Waals surface area contributed by atoms with Crippen molar-refractivity contribution in [3.8, 4) is 11.5 Å². The maximum absolute atomic E-state index is 13.2. The Hall–Kier alpha value is -2.56. The second-order valence-corrected chi connectivity index (χ2v) is 6.01. The molecule has 0 aromatic heterocycles. The Labute approximate surface area is 147 Å². The van der Waals surface area contributed by atoms with Crippen molar-refractivity contribution >= 4 is 5.91 Å². The first-order chi connectivity index (χ1) is 12.1. The Morgan fingerprint density at radius 1 is 1.20 bits per heavy atom. The van der Waals surface area contributed by atoms with Crippen LogP contribution in [0.4, 0.5) is 4.39 Å². The van der Waals surface area contributed by atoms with Crippen molar-refractivity contribution in [1.82, 2.24) is 4.90 Å². The van der Waals surface area contributed by atoms with Crippen molar-refractivity contribution in [2.45, 2.75) is 25.8 Å². The molecule has 0 bridgehead atoms. The summed E-state index contributed by atoms with van der Waals surface area (Å²) in [6.07, 6.45) is 1.81. The van der Waals surface area contributed by atoms with Crippen LogP contribution in [-0.2, 0) is 0 Å². The minimum atomic E-state index is -0.267. The van der Waals surface area contributed by atoms with Gasteiger partial charge in [-0.25, -0.2) is 4.39 Å². The van der Waals surface area contributed by atoms with Gasteiger partial charge in [0.15, 0.2) is 11.5 Å². The highest BCUT2D eigenvalue weighted by Crippen LogP contribution is 2.35. The van der Waals surface area contributed by atoms with Crippen LogP contribution in [-0.4, -0.2) is 31.1 Å². The standard InChI is InChI=1S/C20H22FNO3/c1-3-25-19-13-15(8-11-18(19)24-2)20(23)22-12-4-5-17(22)14-6-9-16(21)10-7-14/h6-11,13,17H,3-5,12H2,1-2H3. The summed E-state index contributed by atoms with van der Waals surface area (Å²) < 4.78 is 24.0. The van der Waals surface area contributed by atoms with Gasteiger partial charge in [0.2, 0.25) is 0 Å². The SMILES string of the molecule is CCOc1cc(C(=O)N2CCCC2c2ccc(F)cc2)ccc1OC. The summed E-state index contributed by atoms with van der Waals surface area (Å²) in [5.74, 6) is 0.856. The molecule has 1 aliphatic heterocycles. The molecule has 1 heterocycles. The van der Waals surface area contributed by atoms with E-state index in [1.807, 2.05) is 11.8 Å². The topological polar surface area (TPSA) is 38.8 Å². The van der Waals surface area contributed by atoms with E-state index in [4.69, 9.17) is 9.47 Å². The van der Waals surface area contributed by atoms with Crippen molar-refractivity contribution in [1.29, 1.82) is 0 Å².